The van der Waals surface area contributed by atoms with Gasteiger partial charge in [0.05, 0.1) is 25.8 Å². The maximum absolute atomic E-state index is 6.15. The van der Waals surface area contributed by atoms with Crippen molar-refractivity contribution in [2.45, 2.75) is 25.5 Å². The van der Waals surface area contributed by atoms with E-state index in [2.05, 4.69) is 52.0 Å². The minimum Gasteiger partial charge on any atom is -0.485 e. The molecule has 2 aromatic rings. The molecule has 2 aliphatic heterocycles. The average molecular weight is 353 g/mol. The zero-order valence-electron chi connectivity index (χ0n) is 15.4. The number of aromatic nitrogens is 1. The van der Waals surface area contributed by atoms with Crippen molar-refractivity contribution in [1.82, 2.24) is 9.88 Å². The van der Waals surface area contributed by atoms with Crippen molar-refractivity contribution in [2.75, 3.05) is 44.3 Å². The highest BCUT2D eigenvalue weighted by Gasteiger charge is 2.32. The molecule has 5 nitrogen and oxygen atoms in total. The lowest BCUT2D eigenvalue weighted by Gasteiger charge is -2.42. The van der Waals surface area contributed by atoms with Crippen molar-refractivity contribution >= 4 is 5.82 Å². The Labute approximate surface area is 155 Å². The summed E-state index contributed by atoms with van der Waals surface area (Å²) in [5.41, 5.74) is 1.33. The molecule has 0 bridgehead atoms. The molecule has 0 saturated carbocycles. The molecular weight excluding hydrogens is 326 g/mol. The number of rotatable bonds is 5. The van der Waals surface area contributed by atoms with E-state index in [1.807, 2.05) is 18.3 Å². The van der Waals surface area contributed by atoms with Crippen molar-refractivity contribution in [3.63, 3.8) is 0 Å². The highest BCUT2D eigenvalue weighted by molar-refractivity contribution is 5.56. The van der Waals surface area contributed by atoms with Crippen molar-refractivity contribution < 1.29 is 9.47 Å². The zero-order valence-corrected chi connectivity index (χ0v) is 15.4. The molecule has 2 unspecified atom stereocenters. The van der Waals surface area contributed by atoms with Crippen LogP contribution in [0.15, 0.2) is 48.7 Å². The molecule has 138 valence electrons. The Balaban J connectivity index is 1.68. The molecule has 1 aromatic heterocycles. The van der Waals surface area contributed by atoms with E-state index >= 15 is 0 Å². The van der Waals surface area contributed by atoms with E-state index in [4.69, 9.17) is 9.47 Å². The first-order valence-electron chi connectivity index (χ1n) is 9.58. The molecule has 1 aromatic carbocycles. The van der Waals surface area contributed by atoms with Crippen LogP contribution >= 0.6 is 0 Å². The number of hydrogen-bond acceptors (Lipinski definition) is 5. The quantitative estimate of drug-likeness (QED) is 0.826. The lowest BCUT2D eigenvalue weighted by molar-refractivity contribution is 0.0341. The molecule has 0 spiro atoms. The minimum absolute atomic E-state index is 0.197. The van der Waals surface area contributed by atoms with E-state index in [0.29, 0.717) is 0 Å². The molecule has 0 radical (unpaired) electrons. The SMILES string of the molecule is CCC1CN(C(CN2CCOCC2)c2ccccc2)c2ncccc2O1. The highest BCUT2D eigenvalue weighted by Crippen LogP contribution is 2.37. The van der Waals surface area contributed by atoms with E-state index in [1.54, 1.807) is 0 Å². The Morgan fingerprint density at radius 1 is 1.12 bits per heavy atom. The van der Waals surface area contributed by atoms with Crippen LogP contribution in [0.4, 0.5) is 5.82 Å². The van der Waals surface area contributed by atoms with Gasteiger partial charge in [0.2, 0.25) is 0 Å². The van der Waals surface area contributed by atoms with Crippen molar-refractivity contribution in [1.29, 1.82) is 0 Å². The van der Waals surface area contributed by atoms with Crippen molar-refractivity contribution in [3.05, 3.63) is 54.2 Å². The predicted octanol–water partition coefficient (Wildman–Crippen LogP) is 3.13. The fraction of sp³-hybridized carbons (Fsp3) is 0.476. The van der Waals surface area contributed by atoms with Crippen LogP contribution in [-0.4, -0.2) is 55.4 Å². The van der Waals surface area contributed by atoms with Gasteiger partial charge in [-0.1, -0.05) is 37.3 Å². The Bertz CT molecular complexity index is 703. The summed E-state index contributed by atoms with van der Waals surface area (Å²) in [5.74, 6) is 1.85. The molecule has 1 saturated heterocycles. The normalized spacial score (nSPS) is 21.7. The molecule has 2 atom stereocenters. The summed E-state index contributed by atoms with van der Waals surface area (Å²) in [6.07, 6.45) is 3.05. The van der Waals surface area contributed by atoms with E-state index in [9.17, 15) is 0 Å². The van der Waals surface area contributed by atoms with Gasteiger partial charge in [0.1, 0.15) is 6.10 Å². The van der Waals surface area contributed by atoms with Crippen LogP contribution in [0.3, 0.4) is 0 Å². The molecule has 2 aliphatic rings. The molecule has 0 N–H and O–H groups in total. The third-order valence-corrected chi connectivity index (χ3v) is 5.27. The monoisotopic (exact) mass is 353 g/mol. The summed E-state index contributed by atoms with van der Waals surface area (Å²) < 4.78 is 11.7. The molecule has 5 heteroatoms. The van der Waals surface area contributed by atoms with Gasteiger partial charge in [-0.25, -0.2) is 4.98 Å². The largest absolute Gasteiger partial charge is 0.485 e. The lowest BCUT2D eigenvalue weighted by atomic mass is 10.0. The summed E-state index contributed by atoms with van der Waals surface area (Å²) in [5, 5.41) is 0. The smallest absolute Gasteiger partial charge is 0.172 e. The van der Waals surface area contributed by atoms with Crippen LogP contribution < -0.4 is 9.64 Å². The molecule has 26 heavy (non-hydrogen) atoms. The molecule has 4 rings (SSSR count). The van der Waals surface area contributed by atoms with E-state index in [1.165, 1.54) is 5.56 Å². The molecule has 0 aliphatic carbocycles. The van der Waals surface area contributed by atoms with Gasteiger partial charge in [-0.3, -0.25) is 4.90 Å². The van der Waals surface area contributed by atoms with Gasteiger partial charge in [0.15, 0.2) is 11.6 Å². The summed E-state index contributed by atoms with van der Waals surface area (Å²) in [6, 6.07) is 15.0. The van der Waals surface area contributed by atoms with Crippen molar-refractivity contribution in [3.8, 4) is 5.75 Å². The second-order valence-corrected chi connectivity index (χ2v) is 6.97. The summed E-state index contributed by atoms with van der Waals surface area (Å²) in [6.45, 7) is 7.63. The highest BCUT2D eigenvalue weighted by atomic mass is 16.5. The van der Waals surface area contributed by atoms with Crippen LogP contribution in [0.1, 0.15) is 24.9 Å². The fourth-order valence-electron chi connectivity index (χ4n) is 3.79. The Morgan fingerprint density at radius 2 is 1.92 bits per heavy atom. The number of ether oxygens (including phenoxy) is 2. The number of morpholine rings is 1. The number of pyridine rings is 1. The summed E-state index contributed by atoms with van der Waals surface area (Å²) in [7, 11) is 0. The second-order valence-electron chi connectivity index (χ2n) is 6.97. The van der Waals surface area contributed by atoms with Crippen LogP contribution in [-0.2, 0) is 4.74 Å². The maximum Gasteiger partial charge on any atom is 0.172 e. The Morgan fingerprint density at radius 3 is 2.69 bits per heavy atom. The minimum atomic E-state index is 0.197. The van der Waals surface area contributed by atoms with Gasteiger partial charge in [-0.2, -0.15) is 0 Å². The van der Waals surface area contributed by atoms with Gasteiger partial charge in [-0.15, -0.1) is 0 Å². The van der Waals surface area contributed by atoms with Crippen LogP contribution in [0.25, 0.3) is 0 Å². The molecule has 1 fully saturated rings. The van der Waals surface area contributed by atoms with Gasteiger partial charge in [-0.05, 0) is 24.1 Å². The van der Waals surface area contributed by atoms with Gasteiger partial charge >= 0.3 is 0 Å². The fourth-order valence-corrected chi connectivity index (χ4v) is 3.79. The topological polar surface area (TPSA) is 37.8 Å². The summed E-state index contributed by atoms with van der Waals surface area (Å²) in [4.78, 5) is 9.61. The van der Waals surface area contributed by atoms with E-state index in [0.717, 1.165) is 57.4 Å². The van der Waals surface area contributed by atoms with Gasteiger partial charge in [0, 0.05) is 25.8 Å². The van der Waals surface area contributed by atoms with E-state index in [-0.39, 0.29) is 12.1 Å². The molecular formula is C21H27N3O2. The van der Waals surface area contributed by atoms with Crippen LogP contribution in [0, 0.1) is 0 Å². The number of nitrogens with zero attached hydrogens (tertiary/aromatic N) is 3. The summed E-state index contributed by atoms with van der Waals surface area (Å²) >= 11 is 0. The van der Waals surface area contributed by atoms with Gasteiger partial charge < -0.3 is 14.4 Å². The lowest BCUT2D eigenvalue weighted by Crippen LogP contribution is -2.48. The average Bonchev–Trinajstić information content (AvgIpc) is 2.72. The maximum atomic E-state index is 6.15. The van der Waals surface area contributed by atoms with Crippen LogP contribution in [0.5, 0.6) is 5.75 Å². The second kappa shape index (κ2) is 8.06. The first-order valence-corrected chi connectivity index (χ1v) is 9.58. The third kappa shape index (κ3) is 3.69. The third-order valence-electron chi connectivity index (χ3n) is 5.27. The first kappa shape index (κ1) is 17.3. The van der Waals surface area contributed by atoms with Gasteiger partial charge in [0.25, 0.3) is 0 Å². The Hall–Kier alpha value is -2.11. The van der Waals surface area contributed by atoms with Crippen molar-refractivity contribution in [2.24, 2.45) is 0 Å². The number of hydrogen-bond donors (Lipinski definition) is 0. The molecule has 3 heterocycles. The standard InChI is InChI=1S/C21H27N3O2/c1-2-18-15-24(21-20(26-18)9-6-10-22-21)19(17-7-4-3-5-8-17)16-23-11-13-25-14-12-23/h3-10,18-19H,2,11-16H2,1H3. The molecule has 0 amide bonds. The number of fused-ring (bicyclic) bond motifs is 1. The zero-order chi connectivity index (χ0) is 17.8. The number of benzene rings is 1. The van der Waals surface area contributed by atoms with Crippen LogP contribution in [0.2, 0.25) is 0 Å². The number of anilines is 1. The predicted molar refractivity (Wildman–Crippen MR) is 103 cm³/mol. The van der Waals surface area contributed by atoms with E-state index < -0.39 is 0 Å². The Kier molecular flexibility index (Phi) is 5.37. The first-order chi connectivity index (χ1) is 12.8.